The minimum Gasteiger partial charge on any atom is -0.481 e. The molecular formula is C16H28O4. The Kier molecular flexibility index (Phi) is 18.1. The van der Waals surface area contributed by atoms with Crippen molar-refractivity contribution in [1.29, 1.82) is 0 Å². The van der Waals surface area contributed by atoms with Crippen molar-refractivity contribution in [2.75, 3.05) is 0 Å². The van der Waals surface area contributed by atoms with Crippen LogP contribution in [0.1, 0.15) is 64.2 Å². The highest BCUT2D eigenvalue weighted by Gasteiger charge is 1.95. The molecule has 0 aromatic rings. The summed E-state index contributed by atoms with van der Waals surface area (Å²) in [7, 11) is 0. The van der Waals surface area contributed by atoms with Crippen molar-refractivity contribution in [2.45, 2.75) is 64.2 Å². The number of carbonyl (C=O) groups is 2. The molecule has 0 aromatic heterocycles. The molecule has 0 bridgehead atoms. The maximum Gasteiger partial charge on any atom is 0.303 e. The summed E-state index contributed by atoms with van der Waals surface area (Å²) in [5, 5.41) is 16.5. The lowest BCUT2D eigenvalue weighted by Crippen LogP contribution is -1.93. The van der Waals surface area contributed by atoms with E-state index < -0.39 is 11.9 Å². The average Bonchev–Trinajstić information content (AvgIpc) is 2.38. The second-order valence-corrected chi connectivity index (χ2v) is 4.56. The normalized spacial score (nSPS) is 9.20. The van der Waals surface area contributed by atoms with E-state index in [1.54, 1.807) is 0 Å². The van der Waals surface area contributed by atoms with Crippen molar-refractivity contribution in [1.82, 2.24) is 0 Å². The Hall–Kier alpha value is -1.58. The molecule has 0 heterocycles. The Morgan fingerprint density at radius 2 is 1.05 bits per heavy atom. The van der Waals surface area contributed by atoms with Crippen molar-refractivity contribution in [3.05, 3.63) is 25.3 Å². The van der Waals surface area contributed by atoms with Gasteiger partial charge in [-0.15, -0.1) is 13.2 Å². The summed E-state index contributed by atoms with van der Waals surface area (Å²) in [6, 6.07) is 0. The van der Waals surface area contributed by atoms with Crippen LogP contribution in [-0.2, 0) is 9.59 Å². The molecule has 0 aliphatic carbocycles. The zero-order valence-electron chi connectivity index (χ0n) is 12.4. The summed E-state index contributed by atoms with van der Waals surface area (Å²) in [6.45, 7) is 7.15. The minimum atomic E-state index is -0.696. The molecule has 0 spiro atoms. The number of unbranched alkanes of at least 4 members (excludes halogenated alkanes) is 6. The van der Waals surface area contributed by atoms with Gasteiger partial charge in [-0.25, -0.2) is 0 Å². The van der Waals surface area contributed by atoms with Gasteiger partial charge in [0.15, 0.2) is 0 Å². The van der Waals surface area contributed by atoms with E-state index in [1.165, 1.54) is 0 Å². The first kappa shape index (κ1) is 20.7. The number of aliphatic carboxylic acids is 2. The summed E-state index contributed by atoms with van der Waals surface area (Å²) in [4.78, 5) is 20.0. The first-order valence-electron chi connectivity index (χ1n) is 7.20. The lowest BCUT2D eigenvalue weighted by atomic mass is 10.1. The van der Waals surface area contributed by atoms with Crippen LogP contribution in [0.3, 0.4) is 0 Å². The van der Waals surface area contributed by atoms with E-state index in [-0.39, 0.29) is 0 Å². The molecule has 0 rings (SSSR count). The van der Waals surface area contributed by atoms with Gasteiger partial charge in [0.2, 0.25) is 0 Å². The van der Waals surface area contributed by atoms with E-state index in [1.807, 2.05) is 12.2 Å². The van der Waals surface area contributed by atoms with Crippen LogP contribution in [0.5, 0.6) is 0 Å². The maximum absolute atomic E-state index is 10.0. The molecule has 0 unspecified atom stereocenters. The fraction of sp³-hybridized carbons (Fsp3) is 0.625. The van der Waals surface area contributed by atoms with E-state index in [0.717, 1.165) is 51.4 Å². The SMILES string of the molecule is C=CCCCCCC(=O)O.C=CCCCCCC(=O)O. The second-order valence-electron chi connectivity index (χ2n) is 4.56. The van der Waals surface area contributed by atoms with Crippen LogP contribution in [0.15, 0.2) is 25.3 Å². The monoisotopic (exact) mass is 284 g/mol. The molecule has 0 aromatic carbocycles. The van der Waals surface area contributed by atoms with E-state index in [2.05, 4.69) is 13.2 Å². The smallest absolute Gasteiger partial charge is 0.303 e. The Morgan fingerprint density at radius 1 is 0.700 bits per heavy atom. The Morgan fingerprint density at radius 3 is 1.30 bits per heavy atom. The highest BCUT2D eigenvalue weighted by atomic mass is 16.4. The zero-order valence-corrected chi connectivity index (χ0v) is 12.4. The van der Waals surface area contributed by atoms with Gasteiger partial charge in [-0.1, -0.05) is 25.0 Å². The molecule has 0 saturated carbocycles. The van der Waals surface area contributed by atoms with Gasteiger partial charge in [0, 0.05) is 12.8 Å². The standard InChI is InChI=1S/2C8H14O2/c2*1-2-3-4-5-6-7-8(9)10/h2*2H,1,3-7H2,(H,9,10). The molecule has 0 atom stereocenters. The first-order chi connectivity index (χ1) is 9.54. The molecule has 0 aliphatic heterocycles. The lowest BCUT2D eigenvalue weighted by Gasteiger charge is -1.93. The molecule has 116 valence electrons. The van der Waals surface area contributed by atoms with Crippen molar-refractivity contribution in [3.63, 3.8) is 0 Å². The van der Waals surface area contributed by atoms with Gasteiger partial charge in [-0.05, 0) is 38.5 Å². The summed E-state index contributed by atoms with van der Waals surface area (Å²) >= 11 is 0. The van der Waals surface area contributed by atoms with Crippen molar-refractivity contribution in [2.24, 2.45) is 0 Å². The Balaban J connectivity index is 0. The zero-order chi connectivity index (χ0) is 15.6. The van der Waals surface area contributed by atoms with Crippen molar-refractivity contribution < 1.29 is 19.8 Å². The summed E-state index contributed by atoms with van der Waals surface area (Å²) < 4.78 is 0. The highest BCUT2D eigenvalue weighted by Crippen LogP contribution is 2.03. The number of allylic oxidation sites excluding steroid dienone is 2. The Bertz CT molecular complexity index is 244. The molecular weight excluding hydrogens is 256 g/mol. The van der Waals surface area contributed by atoms with Gasteiger partial charge in [-0.3, -0.25) is 9.59 Å². The largest absolute Gasteiger partial charge is 0.481 e. The number of hydrogen-bond donors (Lipinski definition) is 2. The average molecular weight is 284 g/mol. The molecule has 0 radical (unpaired) electrons. The highest BCUT2D eigenvalue weighted by molar-refractivity contribution is 5.66. The Labute approximate surface area is 122 Å². The molecule has 0 saturated heterocycles. The van der Waals surface area contributed by atoms with Crippen molar-refractivity contribution >= 4 is 11.9 Å². The van der Waals surface area contributed by atoms with Crippen LogP contribution in [0.2, 0.25) is 0 Å². The van der Waals surface area contributed by atoms with Crippen LogP contribution in [0.25, 0.3) is 0 Å². The van der Waals surface area contributed by atoms with Gasteiger partial charge in [0.25, 0.3) is 0 Å². The lowest BCUT2D eigenvalue weighted by molar-refractivity contribution is -0.138. The third-order valence-corrected chi connectivity index (χ3v) is 2.60. The number of hydrogen-bond acceptors (Lipinski definition) is 2. The summed E-state index contributed by atoms with van der Waals surface area (Å²) in [5.74, 6) is -1.39. The predicted molar refractivity (Wildman–Crippen MR) is 81.8 cm³/mol. The maximum atomic E-state index is 10.0. The topological polar surface area (TPSA) is 74.6 Å². The quantitative estimate of drug-likeness (QED) is 0.411. The van der Waals surface area contributed by atoms with Gasteiger partial charge in [0.05, 0.1) is 0 Å². The van der Waals surface area contributed by atoms with E-state index >= 15 is 0 Å². The van der Waals surface area contributed by atoms with Gasteiger partial charge in [-0.2, -0.15) is 0 Å². The van der Waals surface area contributed by atoms with Crippen LogP contribution in [0, 0.1) is 0 Å². The molecule has 2 N–H and O–H groups in total. The second kappa shape index (κ2) is 17.4. The molecule has 20 heavy (non-hydrogen) atoms. The number of carboxylic acid groups (broad SMARTS) is 2. The molecule has 4 nitrogen and oxygen atoms in total. The number of carboxylic acids is 2. The molecule has 4 heteroatoms. The molecule has 0 amide bonds. The van der Waals surface area contributed by atoms with Gasteiger partial charge in [0.1, 0.15) is 0 Å². The number of rotatable bonds is 12. The van der Waals surface area contributed by atoms with E-state index in [0.29, 0.717) is 12.8 Å². The fourth-order valence-corrected chi connectivity index (χ4v) is 1.48. The van der Waals surface area contributed by atoms with E-state index in [9.17, 15) is 9.59 Å². The third kappa shape index (κ3) is 25.3. The van der Waals surface area contributed by atoms with Crippen LogP contribution in [0.4, 0.5) is 0 Å². The van der Waals surface area contributed by atoms with Crippen LogP contribution < -0.4 is 0 Å². The van der Waals surface area contributed by atoms with Crippen LogP contribution >= 0.6 is 0 Å². The van der Waals surface area contributed by atoms with Crippen LogP contribution in [-0.4, -0.2) is 22.2 Å². The first-order valence-corrected chi connectivity index (χ1v) is 7.20. The minimum absolute atomic E-state index is 0.303. The van der Waals surface area contributed by atoms with Crippen molar-refractivity contribution in [3.8, 4) is 0 Å². The van der Waals surface area contributed by atoms with E-state index in [4.69, 9.17) is 10.2 Å². The molecule has 0 fully saturated rings. The van der Waals surface area contributed by atoms with Gasteiger partial charge < -0.3 is 10.2 Å². The van der Waals surface area contributed by atoms with Gasteiger partial charge >= 0.3 is 11.9 Å². The summed E-state index contributed by atoms with van der Waals surface area (Å²) in [5.41, 5.74) is 0. The summed E-state index contributed by atoms with van der Waals surface area (Å²) in [6.07, 6.45) is 12.0. The fourth-order valence-electron chi connectivity index (χ4n) is 1.48. The predicted octanol–water partition coefficient (Wildman–Crippen LogP) is 4.42. The molecule has 0 aliphatic rings. The third-order valence-electron chi connectivity index (χ3n) is 2.60.